The van der Waals surface area contributed by atoms with Crippen LogP contribution in [0, 0.1) is 0 Å². The summed E-state index contributed by atoms with van der Waals surface area (Å²) in [6, 6.07) is 18.4. The molecule has 1 saturated carbocycles. The van der Waals surface area contributed by atoms with E-state index in [0.717, 1.165) is 45.4 Å². The van der Waals surface area contributed by atoms with E-state index in [9.17, 15) is 5.11 Å². The molecule has 3 aromatic rings. The van der Waals surface area contributed by atoms with Crippen molar-refractivity contribution in [2.24, 2.45) is 10.7 Å². The molecule has 1 fully saturated rings. The smallest absolute Gasteiger partial charge is 0.177 e. The van der Waals surface area contributed by atoms with Crippen molar-refractivity contribution in [3.8, 4) is 22.5 Å². The van der Waals surface area contributed by atoms with E-state index in [1.165, 1.54) is 0 Å². The second kappa shape index (κ2) is 7.05. The Labute approximate surface area is 192 Å². The maximum atomic E-state index is 10.2. The summed E-state index contributed by atoms with van der Waals surface area (Å²) in [4.78, 5) is 14.6. The minimum atomic E-state index is -0.690. The molecule has 7 heteroatoms. The molecule has 2 aromatic carbocycles. The number of aromatic nitrogens is 2. The number of nitrogens with zero attached hydrogens (tertiary/aromatic N) is 4. The Bertz CT molecular complexity index is 1290. The second-order valence-corrected chi connectivity index (χ2v) is 9.62. The minimum absolute atomic E-state index is 0.168. The predicted molar refractivity (Wildman–Crippen MR) is 129 cm³/mol. The number of aliphatic imine (C=N–C) groups is 1. The van der Waals surface area contributed by atoms with Gasteiger partial charge in [-0.2, -0.15) is 0 Å². The van der Waals surface area contributed by atoms with Gasteiger partial charge < -0.3 is 10.8 Å². The molecule has 2 aliphatic heterocycles. The van der Waals surface area contributed by atoms with Crippen molar-refractivity contribution in [2.75, 3.05) is 5.01 Å². The topological polar surface area (TPSA) is 99.7 Å². The summed E-state index contributed by atoms with van der Waals surface area (Å²) in [7, 11) is 0. The van der Waals surface area contributed by atoms with Crippen molar-refractivity contribution >= 4 is 12.0 Å². The van der Waals surface area contributed by atoms with Crippen molar-refractivity contribution in [3.63, 3.8) is 0 Å². The zero-order valence-electron chi connectivity index (χ0n) is 18.7. The highest BCUT2D eigenvalue weighted by Gasteiger charge is 2.49. The number of benzene rings is 2. The van der Waals surface area contributed by atoms with Crippen LogP contribution in [0.1, 0.15) is 37.9 Å². The van der Waals surface area contributed by atoms with Crippen LogP contribution in [-0.4, -0.2) is 32.9 Å². The molecule has 0 bridgehead atoms. The summed E-state index contributed by atoms with van der Waals surface area (Å²) in [5.41, 5.74) is 14.1. The lowest BCUT2D eigenvalue weighted by atomic mass is 9.63. The van der Waals surface area contributed by atoms with Crippen LogP contribution >= 0.6 is 0 Å². The van der Waals surface area contributed by atoms with Crippen molar-refractivity contribution in [3.05, 3.63) is 77.8 Å². The molecule has 3 aliphatic rings. The first-order chi connectivity index (χ1) is 15.8. The Kier molecular flexibility index (Phi) is 4.32. The average Bonchev–Trinajstić information content (AvgIpc) is 3.18. The van der Waals surface area contributed by atoms with Crippen LogP contribution in [-0.2, 0) is 5.54 Å². The highest BCUT2D eigenvalue weighted by molar-refractivity contribution is 5.91. The molecule has 166 valence electrons. The Morgan fingerprint density at radius 3 is 2.36 bits per heavy atom. The Morgan fingerprint density at radius 1 is 1.00 bits per heavy atom. The largest absolute Gasteiger partial charge is 0.390 e. The number of aliphatic hydroxyl groups is 1. The number of fused-ring (bicyclic) bond motifs is 3. The van der Waals surface area contributed by atoms with Gasteiger partial charge in [0.15, 0.2) is 5.82 Å². The molecule has 1 aliphatic carbocycles. The SMILES string of the molecule is CC1C=C2N=Cc3nc(-c4ccccc4)c(-c4ccc(C5(N)CC(C)(O)C5)cc4)nc3N2N1. The number of nitrogens with one attached hydrogen (secondary N) is 1. The number of hydrazine groups is 1. The number of hydrogen-bond acceptors (Lipinski definition) is 7. The molecule has 0 radical (unpaired) electrons. The molecule has 33 heavy (non-hydrogen) atoms. The van der Waals surface area contributed by atoms with Crippen LogP contribution in [0.3, 0.4) is 0 Å². The predicted octanol–water partition coefficient (Wildman–Crippen LogP) is 3.50. The van der Waals surface area contributed by atoms with Gasteiger partial charge in [0.05, 0.1) is 23.2 Å². The van der Waals surface area contributed by atoms with Crippen molar-refractivity contribution in [1.29, 1.82) is 0 Å². The summed E-state index contributed by atoms with van der Waals surface area (Å²) in [5, 5.41) is 12.1. The molecule has 0 spiro atoms. The lowest BCUT2D eigenvalue weighted by Crippen LogP contribution is -2.58. The zero-order chi connectivity index (χ0) is 22.8. The van der Waals surface area contributed by atoms with E-state index in [0.29, 0.717) is 12.8 Å². The van der Waals surface area contributed by atoms with Crippen LogP contribution < -0.4 is 16.2 Å². The van der Waals surface area contributed by atoms with E-state index in [1.807, 2.05) is 66.5 Å². The summed E-state index contributed by atoms with van der Waals surface area (Å²) >= 11 is 0. The first-order valence-electron chi connectivity index (χ1n) is 11.2. The van der Waals surface area contributed by atoms with Gasteiger partial charge in [-0.05, 0) is 38.3 Å². The van der Waals surface area contributed by atoms with Gasteiger partial charge in [0, 0.05) is 22.7 Å². The third kappa shape index (κ3) is 3.36. The third-order valence-corrected chi connectivity index (χ3v) is 6.57. The fourth-order valence-electron chi connectivity index (χ4n) is 5.16. The van der Waals surface area contributed by atoms with E-state index in [1.54, 1.807) is 6.21 Å². The summed E-state index contributed by atoms with van der Waals surface area (Å²) in [5.74, 6) is 1.57. The number of rotatable bonds is 3. The van der Waals surface area contributed by atoms with Gasteiger partial charge in [-0.1, -0.05) is 54.6 Å². The normalized spacial score (nSPS) is 27.6. The fraction of sp³-hybridized carbons (Fsp3) is 0.269. The van der Waals surface area contributed by atoms with Crippen LogP contribution in [0.4, 0.5) is 5.82 Å². The van der Waals surface area contributed by atoms with Gasteiger partial charge in [-0.25, -0.2) is 25.4 Å². The van der Waals surface area contributed by atoms with Gasteiger partial charge in [0.2, 0.25) is 0 Å². The summed E-state index contributed by atoms with van der Waals surface area (Å²) < 4.78 is 0. The highest BCUT2D eigenvalue weighted by atomic mass is 16.3. The molecule has 0 amide bonds. The lowest BCUT2D eigenvalue weighted by Gasteiger charge is -2.49. The Hall–Kier alpha value is -3.39. The van der Waals surface area contributed by atoms with Gasteiger partial charge in [0.1, 0.15) is 11.5 Å². The maximum absolute atomic E-state index is 10.2. The monoisotopic (exact) mass is 438 g/mol. The van der Waals surface area contributed by atoms with Crippen LogP contribution in [0.15, 0.2) is 71.5 Å². The quantitative estimate of drug-likeness (QED) is 0.579. The zero-order valence-corrected chi connectivity index (χ0v) is 18.7. The molecule has 1 atom stereocenters. The second-order valence-electron chi connectivity index (χ2n) is 9.62. The highest BCUT2D eigenvalue weighted by Crippen LogP contribution is 2.46. The van der Waals surface area contributed by atoms with Gasteiger partial charge >= 0.3 is 0 Å². The molecule has 6 rings (SSSR count). The van der Waals surface area contributed by atoms with Gasteiger partial charge in [-0.3, -0.25) is 0 Å². The van der Waals surface area contributed by atoms with Crippen LogP contribution in [0.2, 0.25) is 0 Å². The standard InChI is InChI=1S/C26H26N6O/c1-16-12-21-28-13-20-24(32(21)31-16)30-23(22(29-20)17-6-4-3-5-7-17)18-8-10-19(11-9-18)26(27)14-25(2,33)15-26/h3-13,16,31,33H,14-15,27H2,1-2H3. The van der Waals surface area contributed by atoms with Gasteiger partial charge in [-0.15, -0.1) is 0 Å². The molecule has 1 unspecified atom stereocenters. The Balaban J connectivity index is 1.46. The lowest BCUT2D eigenvalue weighted by molar-refractivity contribution is -0.0738. The summed E-state index contributed by atoms with van der Waals surface area (Å²) in [6.45, 7) is 3.91. The summed E-state index contributed by atoms with van der Waals surface area (Å²) in [6.07, 6.45) is 4.96. The van der Waals surface area contributed by atoms with Crippen molar-refractivity contribution in [2.45, 2.75) is 43.9 Å². The molecule has 4 N–H and O–H groups in total. The number of hydrogen-bond donors (Lipinski definition) is 3. The maximum Gasteiger partial charge on any atom is 0.177 e. The van der Waals surface area contributed by atoms with E-state index < -0.39 is 11.1 Å². The van der Waals surface area contributed by atoms with Crippen LogP contribution in [0.5, 0.6) is 0 Å². The number of nitrogens with two attached hydrogens (primary N) is 1. The first-order valence-corrected chi connectivity index (χ1v) is 11.2. The van der Waals surface area contributed by atoms with E-state index in [-0.39, 0.29) is 6.04 Å². The molecular formula is C26H26N6O. The van der Waals surface area contributed by atoms with E-state index >= 15 is 0 Å². The van der Waals surface area contributed by atoms with Crippen LogP contribution in [0.25, 0.3) is 22.5 Å². The first kappa shape index (κ1) is 20.2. The molecule has 1 aromatic heterocycles. The third-order valence-electron chi connectivity index (χ3n) is 6.57. The molecule has 3 heterocycles. The van der Waals surface area contributed by atoms with Crippen molar-refractivity contribution in [1.82, 2.24) is 15.4 Å². The number of anilines is 1. The minimum Gasteiger partial charge on any atom is -0.390 e. The average molecular weight is 439 g/mol. The fourth-order valence-corrected chi connectivity index (χ4v) is 5.16. The molecular weight excluding hydrogens is 412 g/mol. The molecule has 0 saturated heterocycles. The molecule has 7 nitrogen and oxygen atoms in total. The van der Waals surface area contributed by atoms with E-state index in [4.69, 9.17) is 15.7 Å². The Morgan fingerprint density at radius 2 is 1.67 bits per heavy atom. The van der Waals surface area contributed by atoms with E-state index in [2.05, 4.69) is 23.4 Å². The van der Waals surface area contributed by atoms with Crippen molar-refractivity contribution < 1.29 is 5.11 Å². The van der Waals surface area contributed by atoms with Gasteiger partial charge in [0.25, 0.3) is 0 Å².